The average molecular weight is 1720 g/mol. The maximum absolute atomic E-state index is 13.2. The van der Waals surface area contributed by atoms with Gasteiger partial charge in [-0.25, -0.2) is 19.2 Å². The van der Waals surface area contributed by atoms with Crippen molar-refractivity contribution in [3.05, 3.63) is 358 Å². The number of nitrogens with zero attached hydrogens (tertiary/aromatic N) is 4. The molecule has 30 heteroatoms. The highest BCUT2D eigenvalue weighted by Crippen LogP contribution is 2.41. The fourth-order valence-corrected chi connectivity index (χ4v) is 15.3. The summed E-state index contributed by atoms with van der Waals surface area (Å²) in [6.07, 6.45) is 0. The Morgan fingerprint density at radius 2 is 0.616 bits per heavy atom. The predicted molar refractivity (Wildman–Crippen MR) is 441 cm³/mol. The molecule has 568 valence electrons. The molecule has 0 spiro atoms. The molecule has 5 N–H and O–H groups in total. The van der Waals surface area contributed by atoms with Crippen molar-refractivity contribution in [3.8, 4) is 28.7 Å². The van der Waals surface area contributed by atoms with Crippen molar-refractivity contribution >= 4 is 153 Å². The number of para-hydroxylation sites is 1. The van der Waals surface area contributed by atoms with Crippen molar-refractivity contribution < 1.29 is 43.2 Å². The minimum Gasteiger partial charge on any atom is -0.507 e. The van der Waals surface area contributed by atoms with Gasteiger partial charge in [-0.05, 0) is 157 Å². The van der Waals surface area contributed by atoms with Crippen LogP contribution in [-0.2, 0) is 26.2 Å². The van der Waals surface area contributed by atoms with Gasteiger partial charge in [0.1, 0.15) is 68.8 Å². The molecule has 8 heterocycles. The Balaban J connectivity index is 0.000000139. The number of hydrogen-bond donors (Lipinski definition) is 5. The zero-order valence-electron chi connectivity index (χ0n) is 58.8. The number of aromatic nitrogens is 4. The summed E-state index contributed by atoms with van der Waals surface area (Å²) in [5.74, 6) is -1.69. The van der Waals surface area contributed by atoms with Crippen molar-refractivity contribution in [2.24, 2.45) is 0 Å². The summed E-state index contributed by atoms with van der Waals surface area (Å²) in [7, 11) is 0. The predicted octanol–water partition coefficient (Wildman–Crippen LogP) is 18.3. The summed E-state index contributed by atoms with van der Waals surface area (Å²) in [5.41, 5.74) is 1.35. The summed E-state index contributed by atoms with van der Waals surface area (Å²) < 4.78 is 27.0. The molecule has 0 amide bonds. The highest BCUT2D eigenvalue weighted by molar-refractivity contribution is 9.10. The van der Waals surface area contributed by atoms with Gasteiger partial charge in [0.25, 0.3) is 22.2 Å². The lowest BCUT2D eigenvalue weighted by Gasteiger charge is -2.13. The molecule has 0 radical (unpaired) electrons. The molecular formula is C82H58BrCl5N4O17S3. The van der Waals surface area contributed by atoms with Crippen molar-refractivity contribution in [2.75, 3.05) is 0 Å². The molecule has 0 atom stereocenters. The molecule has 15 rings (SSSR count). The van der Waals surface area contributed by atoms with E-state index in [4.69, 9.17) is 75.7 Å². The van der Waals surface area contributed by atoms with E-state index in [2.05, 4.69) is 15.9 Å². The van der Waals surface area contributed by atoms with Crippen molar-refractivity contribution in [2.45, 2.75) is 83.2 Å². The van der Waals surface area contributed by atoms with E-state index in [0.29, 0.717) is 70.8 Å². The lowest BCUT2D eigenvalue weighted by atomic mass is 10.2. The van der Waals surface area contributed by atoms with Gasteiger partial charge in [0.15, 0.2) is 23.0 Å². The minimum atomic E-state index is -0.789. The van der Waals surface area contributed by atoms with Gasteiger partial charge in [-0.2, -0.15) is 0 Å². The van der Waals surface area contributed by atoms with E-state index in [1.807, 2.05) is 78.9 Å². The quantitative estimate of drug-likeness (QED) is 0.0675. The van der Waals surface area contributed by atoms with Crippen molar-refractivity contribution in [1.29, 1.82) is 0 Å². The molecule has 0 aliphatic carbocycles. The third kappa shape index (κ3) is 18.0. The Morgan fingerprint density at radius 3 is 0.955 bits per heavy atom. The summed E-state index contributed by atoms with van der Waals surface area (Å²) >= 11 is 35.5. The number of pyridine rings is 4. The second kappa shape index (κ2) is 34.8. The van der Waals surface area contributed by atoms with Crippen LogP contribution in [0.1, 0.15) is 45.0 Å². The van der Waals surface area contributed by atoms with Crippen LogP contribution in [0.25, 0.3) is 43.9 Å². The number of rotatable bonds is 14. The lowest BCUT2D eigenvalue weighted by molar-refractivity contribution is 0.444. The first-order chi connectivity index (χ1) is 53.5. The maximum atomic E-state index is 13.2. The number of phenolic OH excluding ortho intramolecular Hbond substituents is 1. The highest BCUT2D eigenvalue weighted by atomic mass is 79.9. The SMILES string of the molecule is Cc1cc2oc(=O)c(Br)c(O)c2c(=O)n1Cc1ccc(Cl)cc1.Cc1cc2oc(=O)c(Sc3cccc(Cl)c3)c(O)c2c(=O)n1Cc1ccc(Cl)cc1.Cc1cc2oc(=O)c(Sc3ccccc3)c(O)c2c(=O)n1Cc1ccc(Cl)cc1.Cc1cc2oc(=O)c(Sc3ccccc3O)c(O)c2c(=O)n1Cc1ccc(Cl)cc1. The second-order valence-corrected chi connectivity index (χ2v) is 31.2. The summed E-state index contributed by atoms with van der Waals surface area (Å²) in [4.78, 5) is 103. The lowest BCUT2D eigenvalue weighted by Crippen LogP contribution is -2.24. The number of aromatic hydroxyl groups is 5. The Kier molecular flexibility index (Phi) is 25.1. The first-order valence-corrected chi connectivity index (χ1v) is 38.5. The van der Waals surface area contributed by atoms with E-state index in [1.165, 1.54) is 24.3 Å². The Labute approximate surface area is 679 Å². The van der Waals surface area contributed by atoms with Crippen LogP contribution in [0.15, 0.2) is 290 Å². The molecular weight excluding hydrogens is 1670 g/mol. The maximum Gasteiger partial charge on any atom is 0.354 e. The fourth-order valence-electron chi connectivity index (χ4n) is 11.6. The topological polar surface area (TPSA) is 310 Å². The van der Waals surface area contributed by atoms with E-state index in [9.17, 15) is 63.9 Å². The van der Waals surface area contributed by atoms with E-state index in [0.717, 1.165) is 62.4 Å². The van der Waals surface area contributed by atoms with Gasteiger partial charge in [0, 0.05) is 81.9 Å². The highest BCUT2D eigenvalue weighted by Gasteiger charge is 2.26. The zero-order valence-corrected chi connectivity index (χ0v) is 66.6. The molecule has 8 aromatic heterocycles. The third-order valence-electron chi connectivity index (χ3n) is 17.3. The average Bonchev–Trinajstić information content (AvgIpc) is 0.772. The summed E-state index contributed by atoms with van der Waals surface area (Å²) in [5, 5.41) is 55.2. The second-order valence-electron chi connectivity index (χ2n) is 25.0. The van der Waals surface area contributed by atoms with Gasteiger partial charge < -0.3 is 61.5 Å². The summed E-state index contributed by atoms with van der Waals surface area (Å²) in [6.45, 7) is 8.11. The molecule has 0 aliphatic rings. The molecule has 0 unspecified atom stereocenters. The van der Waals surface area contributed by atoms with Gasteiger partial charge >= 0.3 is 22.5 Å². The van der Waals surface area contributed by atoms with E-state index < -0.39 is 62.0 Å². The van der Waals surface area contributed by atoms with Crippen LogP contribution in [0.5, 0.6) is 28.7 Å². The van der Waals surface area contributed by atoms with Crippen LogP contribution < -0.4 is 44.7 Å². The van der Waals surface area contributed by atoms with Crippen LogP contribution in [0.2, 0.25) is 25.1 Å². The molecule has 0 fully saturated rings. The zero-order chi connectivity index (χ0) is 80.1. The van der Waals surface area contributed by atoms with Crippen molar-refractivity contribution in [3.63, 3.8) is 0 Å². The van der Waals surface area contributed by atoms with Gasteiger partial charge in [-0.1, -0.05) is 178 Å². The van der Waals surface area contributed by atoms with E-state index >= 15 is 0 Å². The van der Waals surface area contributed by atoms with Crippen LogP contribution >= 0.6 is 109 Å². The Bertz CT molecular complexity index is 6700. The molecule has 0 bridgehead atoms. The monoisotopic (exact) mass is 1720 g/mol. The van der Waals surface area contributed by atoms with Gasteiger partial charge in [0.05, 0.1) is 31.1 Å². The Hall–Kier alpha value is -10.8. The van der Waals surface area contributed by atoms with Crippen LogP contribution in [0.4, 0.5) is 0 Å². The van der Waals surface area contributed by atoms with Gasteiger partial charge in [-0.15, -0.1) is 0 Å². The number of halogens is 6. The third-order valence-corrected chi connectivity index (χ3v) is 22.5. The molecule has 0 aliphatic heterocycles. The summed E-state index contributed by atoms with van der Waals surface area (Å²) in [6, 6.07) is 57.1. The van der Waals surface area contributed by atoms with E-state index in [1.54, 1.807) is 143 Å². The number of hydrogen-bond acceptors (Lipinski definition) is 20. The number of phenols is 1. The molecule has 112 heavy (non-hydrogen) atoms. The molecule has 21 nitrogen and oxygen atoms in total. The molecule has 15 aromatic rings. The molecule has 0 saturated carbocycles. The van der Waals surface area contributed by atoms with Crippen molar-refractivity contribution in [1.82, 2.24) is 18.3 Å². The van der Waals surface area contributed by atoms with E-state index in [-0.39, 0.29) is 87.6 Å². The number of aryl methyl sites for hydroxylation is 4. The minimum absolute atomic E-state index is 0.00832. The van der Waals surface area contributed by atoms with Gasteiger partial charge in [0.2, 0.25) is 0 Å². The van der Waals surface area contributed by atoms with Crippen LogP contribution in [-0.4, -0.2) is 43.8 Å². The number of fused-ring (bicyclic) bond motifs is 4. The largest absolute Gasteiger partial charge is 0.507 e. The number of benzene rings is 7. The fraction of sp³-hybridized carbons (Fsp3) is 0.0976. The molecule has 7 aromatic carbocycles. The van der Waals surface area contributed by atoms with Crippen LogP contribution in [0.3, 0.4) is 0 Å². The van der Waals surface area contributed by atoms with Crippen LogP contribution in [0, 0.1) is 27.7 Å². The smallest absolute Gasteiger partial charge is 0.354 e. The first-order valence-electron chi connectivity index (χ1n) is 33.4. The standard InChI is InChI=1S/C22H15Cl2NO4S.C22H16ClNO5S.C22H16ClNO4S.C16H11BrClNO4/c1-12-9-17-18(21(27)25(12)11-13-5-7-14(23)8-6-13)19(26)20(22(28)29-17)30-16-4-2-3-15(24)10-16;1-12-10-16-18(21(27)24(12)11-13-6-8-14(23)9-7-13)19(26)20(22(28)29-16)30-17-5-3-2-4-15(17)25;1-13-11-17-18(21(26)24(13)12-14-7-9-15(23)10-8-14)19(25)20(22(27)28-17)29-16-5-3-2-4-6-16;1-8-6-11-12(14(20)13(17)16(22)23-11)15(21)19(8)7-9-2-4-10(18)5-3-9/h2-10,26H,11H2,1H3;2-10,25-26H,11H2,1H3;2-11,25H,12H2,1H3;2-6,20H,7H2,1H3. The normalized spacial score (nSPS) is 11.1. The molecule has 0 saturated heterocycles. The van der Waals surface area contributed by atoms with Gasteiger partial charge in [-0.3, -0.25) is 19.2 Å². The Morgan fingerprint density at radius 1 is 0.321 bits per heavy atom. The first kappa shape index (κ1) is 80.7.